The van der Waals surface area contributed by atoms with Crippen LogP contribution in [0.2, 0.25) is 0 Å². The molecule has 0 amide bonds. The molecule has 1 atom stereocenters. The summed E-state index contributed by atoms with van der Waals surface area (Å²) in [7, 11) is 5.05. The number of nitrogens with zero attached hydrogens (tertiary/aromatic N) is 2. The minimum absolute atomic E-state index is 0.327. The van der Waals surface area contributed by atoms with E-state index in [2.05, 4.69) is 50.9 Å². The van der Waals surface area contributed by atoms with E-state index in [0.717, 1.165) is 31.3 Å². The van der Waals surface area contributed by atoms with Crippen LogP contribution in [0, 0.1) is 0 Å². The van der Waals surface area contributed by atoms with E-state index in [1.54, 1.807) is 21.3 Å². The zero-order valence-electron chi connectivity index (χ0n) is 16.9. The van der Waals surface area contributed by atoms with Crippen LogP contribution >= 0.6 is 0 Å². The van der Waals surface area contributed by atoms with Crippen molar-refractivity contribution in [1.82, 2.24) is 10.2 Å². The number of nitrogens with one attached hydrogen (secondary N) is 2. The third kappa shape index (κ3) is 4.95. The summed E-state index contributed by atoms with van der Waals surface area (Å²) in [5, 5.41) is 6.82. The summed E-state index contributed by atoms with van der Waals surface area (Å²) in [6, 6.07) is 16.7. The summed E-state index contributed by atoms with van der Waals surface area (Å²) in [5.41, 5.74) is 2.22. The minimum Gasteiger partial charge on any atom is -0.493 e. The molecule has 2 aromatic rings. The number of anilines is 1. The number of guanidine groups is 1. The average Bonchev–Trinajstić information content (AvgIpc) is 3.28. The molecule has 0 bridgehead atoms. The van der Waals surface area contributed by atoms with E-state index in [1.807, 2.05) is 18.2 Å². The van der Waals surface area contributed by atoms with E-state index >= 15 is 0 Å². The van der Waals surface area contributed by atoms with Crippen LogP contribution < -0.4 is 20.1 Å². The summed E-state index contributed by atoms with van der Waals surface area (Å²) < 4.78 is 10.7. The van der Waals surface area contributed by atoms with Crippen molar-refractivity contribution < 1.29 is 9.47 Å². The Bertz CT molecular complexity index is 773. The van der Waals surface area contributed by atoms with Crippen LogP contribution in [-0.2, 0) is 0 Å². The van der Waals surface area contributed by atoms with Gasteiger partial charge in [-0.25, -0.2) is 0 Å². The molecule has 1 aliphatic rings. The number of aliphatic imine (C=N–C) groups is 1. The predicted molar refractivity (Wildman–Crippen MR) is 115 cm³/mol. The number of methoxy groups -OCH3 is 2. The highest BCUT2D eigenvalue weighted by atomic mass is 16.5. The molecule has 3 rings (SSSR count). The average molecular weight is 383 g/mol. The van der Waals surface area contributed by atoms with E-state index in [1.165, 1.54) is 18.4 Å². The lowest BCUT2D eigenvalue weighted by Crippen LogP contribution is -2.39. The first kappa shape index (κ1) is 20.0. The topological polar surface area (TPSA) is 58.1 Å². The van der Waals surface area contributed by atoms with Crippen molar-refractivity contribution in [3.05, 3.63) is 54.1 Å². The first-order valence-corrected chi connectivity index (χ1v) is 9.74. The van der Waals surface area contributed by atoms with E-state index in [9.17, 15) is 0 Å². The van der Waals surface area contributed by atoms with Crippen LogP contribution in [0.25, 0.3) is 0 Å². The minimum atomic E-state index is 0.327. The van der Waals surface area contributed by atoms with Gasteiger partial charge in [-0.1, -0.05) is 30.3 Å². The van der Waals surface area contributed by atoms with E-state index in [-0.39, 0.29) is 0 Å². The van der Waals surface area contributed by atoms with Gasteiger partial charge in [-0.2, -0.15) is 0 Å². The van der Waals surface area contributed by atoms with Crippen molar-refractivity contribution in [2.75, 3.05) is 46.2 Å². The second-order valence-electron chi connectivity index (χ2n) is 6.82. The molecule has 6 nitrogen and oxygen atoms in total. The van der Waals surface area contributed by atoms with Crippen LogP contribution in [0.15, 0.2) is 53.5 Å². The highest BCUT2D eigenvalue weighted by Gasteiger charge is 2.23. The molecular weight excluding hydrogens is 352 g/mol. The molecule has 0 radical (unpaired) electrons. The van der Waals surface area contributed by atoms with Gasteiger partial charge in [-0.3, -0.25) is 9.89 Å². The van der Waals surface area contributed by atoms with Gasteiger partial charge in [-0.05, 0) is 43.6 Å². The first-order chi connectivity index (χ1) is 13.7. The third-order valence-corrected chi connectivity index (χ3v) is 5.10. The Morgan fingerprint density at radius 2 is 1.75 bits per heavy atom. The Hall–Kier alpha value is -2.73. The number of hydrogen-bond acceptors (Lipinski definition) is 4. The van der Waals surface area contributed by atoms with Crippen molar-refractivity contribution in [2.45, 2.75) is 18.9 Å². The molecule has 0 saturated carbocycles. The van der Waals surface area contributed by atoms with Gasteiger partial charge in [-0.15, -0.1) is 0 Å². The lowest BCUT2D eigenvalue weighted by atomic mass is 10.1. The summed E-state index contributed by atoms with van der Waals surface area (Å²) in [4.78, 5) is 6.93. The molecule has 150 valence electrons. The quantitative estimate of drug-likeness (QED) is 0.567. The second kappa shape index (κ2) is 9.99. The van der Waals surface area contributed by atoms with Crippen molar-refractivity contribution in [1.29, 1.82) is 0 Å². The monoisotopic (exact) mass is 382 g/mol. The fourth-order valence-corrected chi connectivity index (χ4v) is 3.61. The normalized spacial score (nSPS) is 15.9. The number of hydrogen-bond donors (Lipinski definition) is 2. The molecule has 0 aromatic heterocycles. The highest BCUT2D eigenvalue weighted by molar-refractivity contribution is 5.93. The van der Waals surface area contributed by atoms with Crippen LogP contribution in [0.5, 0.6) is 11.5 Å². The highest BCUT2D eigenvalue weighted by Crippen LogP contribution is 2.29. The Labute approximate surface area is 167 Å². The maximum atomic E-state index is 5.38. The Balaban J connectivity index is 1.68. The largest absolute Gasteiger partial charge is 0.493 e. The van der Waals surface area contributed by atoms with Crippen LogP contribution in [0.4, 0.5) is 5.69 Å². The molecule has 1 unspecified atom stereocenters. The second-order valence-corrected chi connectivity index (χ2v) is 6.82. The van der Waals surface area contributed by atoms with E-state index in [0.29, 0.717) is 17.5 Å². The van der Waals surface area contributed by atoms with Gasteiger partial charge >= 0.3 is 0 Å². The predicted octanol–water partition coefficient (Wildman–Crippen LogP) is 3.53. The number of likely N-dealkylation sites (tertiary alicyclic amines) is 1. The number of benzene rings is 2. The summed E-state index contributed by atoms with van der Waals surface area (Å²) >= 11 is 0. The molecule has 1 heterocycles. The summed E-state index contributed by atoms with van der Waals surface area (Å²) in [5.74, 6) is 2.11. The molecular formula is C22H30N4O2. The van der Waals surface area contributed by atoms with E-state index in [4.69, 9.17) is 9.47 Å². The maximum absolute atomic E-state index is 5.38. The molecule has 6 heteroatoms. The molecule has 0 spiro atoms. The molecule has 0 aliphatic carbocycles. The third-order valence-electron chi connectivity index (χ3n) is 5.10. The molecule has 2 N–H and O–H groups in total. The van der Waals surface area contributed by atoms with E-state index < -0.39 is 0 Å². The van der Waals surface area contributed by atoms with Crippen molar-refractivity contribution in [3.8, 4) is 11.5 Å². The lowest BCUT2D eigenvalue weighted by Gasteiger charge is -2.29. The van der Waals surface area contributed by atoms with Crippen LogP contribution in [0.1, 0.15) is 24.4 Å². The smallest absolute Gasteiger partial charge is 0.195 e. The standard InChI is InChI=1S/C22H30N4O2/c1-23-22(25-18-11-12-20(27-2)21(15-18)28-3)24-16-19(26-13-7-8-14-26)17-9-5-4-6-10-17/h4-6,9-12,15,19H,7-8,13-14,16H2,1-3H3,(H2,23,24,25). The Kier molecular flexibility index (Phi) is 7.14. The zero-order chi connectivity index (χ0) is 19.8. The fourth-order valence-electron chi connectivity index (χ4n) is 3.61. The van der Waals surface area contributed by atoms with Gasteiger partial charge in [0.25, 0.3) is 0 Å². The van der Waals surface area contributed by atoms with Gasteiger partial charge in [0.15, 0.2) is 17.5 Å². The maximum Gasteiger partial charge on any atom is 0.195 e. The van der Waals surface area contributed by atoms with Gasteiger partial charge in [0, 0.05) is 25.3 Å². The van der Waals surface area contributed by atoms with Crippen molar-refractivity contribution >= 4 is 11.6 Å². The van der Waals surface area contributed by atoms with Gasteiger partial charge in [0.2, 0.25) is 0 Å². The van der Waals surface area contributed by atoms with Crippen molar-refractivity contribution in [2.24, 2.45) is 4.99 Å². The lowest BCUT2D eigenvalue weighted by molar-refractivity contribution is 0.246. The Morgan fingerprint density at radius 3 is 2.39 bits per heavy atom. The summed E-state index contributed by atoms with van der Waals surface area (Å²) in [6.07, 6.45) is 2.53. The molecule has 28 heavy (non-hydrogen) atoms. The Morgan fingerprint density at radius 1 is 1.04 bits per heavy atom. The number of rotatable bonds is 7. The van der Waals surface area contributed by atoms with Crippen molar-refractivity contribution in [3.63, 3.8) is 0 Å². The SMILES string of the molecule is CN=C(NCC(c1ccccc1)N1CCCC1)Nc1ccc(OC)c(OC)c1. The zero-order valence-corrected chi connectivity index (χ0v) is 16.9. The first-order valence-electron chi connectivity index (χ1n) is 9.74. The van der Waals surface area contributed by atoms with Crippen LogP contribution in [0.3, 0.4) is 0 Å². The fraction of sp³-hybridized carbons (Fsp3) is 0.409. The number of ether oxygens (including phenoxy) is 2. The molecule has 2 aromatic carbocycles. The summed E-state index contributed by atoms with van der Waals surface area (Å²) in [6.45, 7) is 3.07. The van der Waals surface area contributed by atoms with Gasteiger partial charge < -0.3 is 20.1 Å². The molecule has 1 aliphatic heterocycles. The van der Waals surface area contributed by atoms with Gasteiger partial charge in [0.1, 0.15) is 0 Å². The molecule has 1 saturated heterocycles. The van der Waals surface area contributed by atoms with Gasteiger partial charge in [0.05, 0.1) is 20.3 Å². The van der Waals surface area contributed by atoms with Crippen LogP contribution in [-0.4, -0.2) is 51.8 Å². The molecule has 1 fully saturated rings.